The number of rotatable bonds is 6. The van der Waals surface area contributed by atoms with E-state index in [0.717, 1.165) is 25.1 Å². The van der Waals surface area contributed by atoms with Crippen LogP contribution in [0.4, 0.5) is 10.5 Å². The molecular formula is C22H31N4O2. The van der Waals surface area contributed by atoms with Gasteiger partial charge in [0, 0.05) is 18.7 Å². The Labute approximate surface area is 167 Å². The number of hydrogen-bond acceptors (Lipinski definition) is 3. The summed E-state index contributed by atoms with van der Waals surface area (Å²) in [7, 11) is 4.26. The Bertz CT molecular complexity index is 754. The molecule has 151 valence electrons. The molecule has 2 saturated heterocycles. The van der Waals surface area contributed by atoms with Gasteiger partial charge in [-0.2, -0.15) is 0 Å². The normalized spacial score (nSPS) is 26.3. The molecule has 1 aliphatic carbocycles. The number of anilines is 1. The Morgan fingerprint density at radius 1 is 1.18 bits per heavy atom. The molecule has 1 aromatic carbocycles. The molecule has 1 saturated carbocycles. The zero-order chi connectivity index (χ0) is 19.9. The van der Waals surface area contributed by atoms with Crippen LogP contribution in [0.2, 0.25) is 0 Å². The smallest absolute Gasteiger partial charge is 0.325 e. The van der Waals surface area contributed by atoms with E-state index in [1.165, 1.54) is 31.2 Å². The molecule has 3 aliphatic rings. The first kappa shape index (κ1) is 19.2. The Morgan fingerprint density at radius 2 is 1.86 bits per heavy atom. The van der Waals surface area contributed by atoms with Gasteiger partial charge in [0.2, 0.25) is 5.91 Å². The Morgan fingerprint density at radius 3 is 2.43 bits per heavy atom. The van der Waals surface area contributed by atoms with Crippen LogP contribution in [0, 0.1) is 6.42 Å². The van der Waals surface area contributed by atoms with Crippen LogP contribution in [0.1, 0.15) is 44.1 Å². The van der Waals surface area contributed by atoms with E-state index in [2.05, 4.69) is 31.1 Å². The molecule has 1 radical (unpaired) electrons. The van der Waals surface area contributed by atoms with Crippen molar-refractivity contribution in [2.24, 2.45) is 5.73 Å². The van der Waals surface area contributed by atoms with Gasteiger partial charge in [-0.05, 0) is 69.4 Å². The molecular weight excluding hydrogens is 352 g/mol. The summed E-state index contributed by atoms with van der Waals surface area (Å²) in [5.74, 6) is -0.439. The van der Waals surface area contributed by atoms with E-state index in [-0.39, 0.29) is 11.4 Å². The zero-order valence-corrected chi connectivity index (χ0v) is 17.0. The van der Waals surface area contributed by atoms with E-state index in [4.69, 9.17) is 5.73 Å². The van der Waals surface area contributed by atoms with Crippen molar-refractivity contribution in [1.29, 1.82) is 0 Å². The highest BCUT2D eigenvalue weighted by atomic mass is 16.2. The summed E-state index contributed by atoms with van der Waals surface area (Å²) in [4.78, 5) is 30.6. The topological polar surface area (TPSA) is 69.9 Å². The maximum Gasteiger partial charge on any atom is 0.325 e. The summed E-state index contributed by atoms with van der Waals surface area (Å²) in [5, 5.41) is 0. The van der Waals surface area contributed by atoms with Crippen molar-refractivity contribution in [1.82, 2.24) is 9.80 Å². The quantitative estimate of drug-likeness (QED) is 0.821. The molecule has 6 heteroatoms. The summed E-state index contributed by atoms with van der Waals surface area (Å²) in [6.45, 7) is 1.95. The van der Waals surface area contributed by atoms with E-state index in [1.807, 2.05) is 18.6 Å². The molecule has 0 bridgehead atoms. The van der Waals surface area contributed by atoms with Crippen molar-refractivity contribution in [3.8, 4) is 0 Å². The maximum atomic E-state index is 12.9. The third kappa shape index (κ3) is 2.98. The first-order valence-corrected chi connectivity index (χ1v) is 10.4. The lowest BCUT2D eigenvalue weighted by atomic mass is 9.76. The van der Waals surface area contributed by atoms with Crippen molar-refractivity contribution >= 4 is 17.6 Å². The molecule has 28 heavy (non-hydrogen) atoms. The van der Waals surface area contributed by atoms with Gasteiger partial charge in [0.1, 0.15) is 5.54 Å². The third-order valence-corrected chi connectivity index (χ3v) is 6.99. The zero-order valence-electron chi connectivity index (χ0n) is 17.0. The lowest BCUT2D eigenvalue weighted by molar-refractivity contribution is -0.124. The van der Waals surface area contributed by atoms with Gasteiger partial charge in [-0.3, -0.25) is 9.69 Å². The summed E-state index contributed by atoms with van der Waals surface area (Å²) in [5.41, 5.74) is 7.18. The maximum absolute atomic E-state index is 12.9. The number of amides is 3. The van der Waals surface area contributed by atoms with Crippen LogP contribution in [0.3, 0.4) is 0 Å². The number of carbonyl (C=O) groups excluding carboxylic acids is 2. The number of urea groups is 1. The predicted octanol–water partition coefficient (Wildman–Crippen LogP) is 2.52. The molecule has 2 heterocycles. The number of nitrogens with zero attached hydrogens (tertiary/aromatic N) is 3. The van der Waals surface area contributed by atoms with Crippen molar-refractivity contribution in [3.63, 3.8) is 0 Å². The van der Waals surface area contributed by atoms with Gasteiger partial charge in [0.15, 0.2) is 0 Å². The van der Waals surface area contributed by atoms with Gasteiger partial charge in [-0.15, -0.1) is 0 Å². The average Bonchev–Trinajstić information content (AvgIpc) is 3.37. The minimum Gasteiger partial charge on any atom is -0.368 e. The highest BCUT2D eigenvalue weighted by Gasteiger charge is 2.56. The molecule has 1 aromatic rings. The molecule has 4 rings (SSSR count). The lowest BCUT2D eigenvalue weighted by Gasteiger charge is -2.31. The second kappa shape index (κ2) is 7.07. The fourth-order valence-electron chi connectivity index (χ4n) is 5.29. The van der Waals surface area contributed by atoms with E-state index in [1.54, 1.807) is 9.80 Å². The van der Waals surface area contributed by atoms with Crippen LogP contribution in [0.5, 0.6) is 0 Å². The fourth-order valence-corrected chi connectivity index (χ4v) is 5.29. The Balaban J connectivity index is 1.57. The SMILES string of the molecule is CN(C)CCC1(c2ccc(N3C[C@@]4(C(N)=O)[CH]CCN4C3=O)cc2)CCCC1. The predicted molar refractivity (Wildman–Crippen MR) is 110 cm³/mol. The average molecular weight is 384 g/mol. The highest BCUT2D eigenvalue weighted by Crippen LogP contribution is 2.45. The minimum absolute atomic E-state index is 0.122. The first-order valence-electron chi connectivity index (χ1n) is 10.4. The van der Waals surface area contributed by atoms with Crippen LogP contribution in [-0.4, -0.2) is 61.0 Å². The van der Waals surface area contributed by atoms with E-state index in [0.29, 0.717) is 13.1 Å². The number of carbonyl (C=O) groups is 2. The van der Waals surface area contributed by atoms with Crippen molar-refractivity contribution in [2.45, 2.75) is 49.5 Å². The van der Waals surface area contributed by atoms with Gasteiger partial charge < -0.3 is 15.5 Å². The molecule has 0 spiro atoms. The number of primary amides is 1. The summed E-state index contributed by atoms with van der Waals surface area (Å²) >= 11 is 0. The molecule has 3 fully saturated rings. The fraction of sp³-hybridized carbons (Fsp3) is 0.591. The molecule has 3 amide bonds. The third-order valence-electron chi connectivity index (χ3n) is 6.99. The molecule has 2 aliphatic heterocycles. The number of nitrogens with two attached hydrogens (primary N) is 1. The summed E-state index contributed by atoms with van der Waals surface area (Å²) in [6, 6.07) is 8.34. The van der Waals surface area contributed by atoms with E-state index >= 15 is 0 Å². The number of hydrogen-bond donors (Lipinski definition) is 1. The Kier molecular flexibility index (Phi) is 4.86. The number of fused-ring (bicyclic) bond motifs is 1. The standard InChI is InChI=1S/C22H31N4O2/c1-24(2)15-13-21(10-3-4-11-21)17-6-8-18(9-7-17)25-16-22(19(23)27)12-5-14-26(22)20(25)28/h6-9,12H,3-5,10-11,13-16H2,1-2H3,(H2,23,27)/t22-/m1/s1. The van der Waals surface area contributed by atoms with E-state index < -0.39 is 11.4 Å². The highest BCUT2D eigenvalue weighted by molar-refractivity contribution is 6.04. The lowest BCUT2D eigenvalue weighted by Crippen LogP contribution is -2.53. The molecule has 6 nitrogen and oxygen atoms in total. The van der Waals surface area contributed by atoms with Crippen LogP contribution < -0.4 is 10.6 Å². The molecule has 2 N–H and O–H groups in total. The second-order valence-electron chi connectivity index (χ2n) is 8.89. The van der Waals surface area contributed by atoms with Gasteiger partial charge in [-0.25, -0.2) is 4.79 Å². The molecule has 0 aromatic heterocycles. The van der Waals surface area contributed by atoms with Gasteiger partial charge in [0.05, 0.1) is 6.54 Å². The second-order valence-corrected chi connectivity index (χ2v) is 8.89. The summed E-state index contributed by atoms with van der Waals surface area (Å²) < 4.78 is 0. The summed E-state index contributed by atoms with van der Waals surface area (Å²) in [6.07, 6.45) is 8.81. The van der Waals surface area contributed by atoms with Crippen molar-refractivity contribution in [2.75, 3.05) is 38.6 Å². The van der Waals surface area contributed by atoms with E-state index in [9.17, 15) is 9.59 Å². The van der Waals surface area contributed by atoms with Crippen molar-refractivity contribution < 1.29 is 9.59 Å². The van der Waals surface area contributed by atoms with Gasteiger partial charge >= 0.3 is 6.03 Å². The number of benzene rings is 1. The first-order chi connectivity index (χ1) is 13.4. The van der Waals surface area contributed by atoms with Crippen LogP contribution in [0.15, 0.2) is 24.3 Å². The van der Waals surface area contributed by atoms with Crippen LogP contribution in [-0.2, 0) is 10.2 Å². The monoisotopic (exact) mass is 383 g/mol. The largest absolute Gasteiger partial charge is 0.368 e. The minimum atomic E-state index is -0.950. The van der Waals surface area contributed by atoms with Crippen molar-refractivity contribution in [3.05, 3.63) is 36.2 Å². The van der Waals surface area contributed by atoms with Gasteiger partial charge in [0.25, 0.3) is 0 Å². The molecule has 1 atom stereocenters. The Hall–Kier alpha value is -2.08. The molecule has 0 unspecified atom stereocenters. The van der Waals surface area contributed by atoms with Crippen LogP contribution in [0.25, 0.3) is 0 Å². The van der Waals surface area contributed by atoms with Gasteiger partial charge in [-0.1, -0.05) is 25.0 Å². The van der Waals surface area contributed by atoms with Crippen LogP contribution >= 0.6 is 0 Å².